The van der Waals surface area contributed by atoms with Crippen LogP contribution < -0.4 is 5.32 Å². The van der Waals surface area contributed by atoms with Gasteiger partial charge in [0.1, 0.15) is 0 Å². The molecule has 1 aliphatic heterocycles. The highest BCUT2D eigenvalue weighted by molar-refractivity contribution is 5.71. The first-order valence-corrected chi connectivity index (χ1v) is 6.90. The molecular formula is C15H22N2. The van der Waals surface area contributed by atoms with Crippen molar-refractivity contribution < 1.29 is 0 Å². The summed E-state index contributed by atoms with van der Waals surface area (Å²) < 4.78 is 2.44. The van der Waals surface area contributed by atoms with Crippen molar-refractivity contribution >= 4 is 5.57 Å². The number of aromatic nitrogens is 1. The molecule has 0 spiro atoms. The molecule has 0 fully saturated rings. The molecule has 1 aromatic rings. The molecule has 0 bridgehead atoms. The lowest BCUT2D eigenvalue weighted by molar-refractivity contribution is 0.394. The van der Waals surface area contributed by atoms with E-state index in [0.29, 0.717) is 5.41 Å². The van der Waals surface area contributed by atoms with Gasteiger partial charge in [-0.05, 0) is 36.5 Å². The SMILES string of the molecule is CCC1(CC)CC=C2CNCCn3ccc1c32. The standard InChI is InChI=1S/C15H22N2/c1-3-15(4-2)7-5-12-11-16-8-10-17-9-6-13(15)14(12)17/h5-6,9,16H,3-4,7-8,10-11H2,1-2H3. The lowest BCUT2D eigenvalue weighted by atomic mass is 9.69. The monoisotopic (exact) mass is 230 g/mol. The fraction of sp³-hybridized carbons (Fsp3) is 0.600. The molecule has 0 amide bonds. The Labute approximate surface area is 104 Å². The van der Waals surface area contributed by atoms with E-state index in [0.717, 1.165) is 19.6 Å². The summed E-state index contributed by atoms with van der Waals surface area (Å²) in [4.78, 5) is 0. The zero-order valence-corrected chi connectivity index (χ0v) is 10.9. The van der Waals surface area contributed by atoms with Crippen molar-refractivity contribution in [2.24, 2.45) is 0 Å². The summed E-state index contributed by atoms with van der Waals surface area (Å²) in [6.45, 7) is 7.91. The number of nitrogens with one attached hydrogen (secondary N) is 1. The maximum atomic E-state index is 3.52. The molecule has 1 aromatic heterocycles. The van der Waals surface area contributed by atoms with E-state index in [9.17, 15) is 0 Å². The lowest BCUT2D eigenvalue weighted by Crippen LogP contribution is -2.28. The minimum absolute atomic E-state index is 0.397. The molecule has 17 heavy (non-hydrogen) atoms. The van der Waals surface area contributed by atoms with Crippen LogP contribution in [0.5, 0.6) is 0 Å². The average Bonchev–Trinajstić information content (AvgIpc) is 2.69. The molecule has 2 heteroatoms. The van der Waals surface area contributed by atoms with Crippen LogP contribution in [0.25, 0.3) is 5.57 Å². The molecule has 3 rings (SSSR count). The second-order valence-corrected chi connectivity index (χ2v) is 5.37. The number of hydrogen-bond acceptors (Lipinski definition) is 1. The highest BCUT2D eigenvalue weighted by Crippen LogP contribution is 2.44. The number of allylic oxidation sites excluding steroid dienone is 1. The van der Waals surface area contributed by atoms with Gasteiger partial charge in [0, 0.05) is 36.9 Å². The minimum atomic E-state index is 0.397. The molecule has 0 saturated heterocycles. The fourth-order valence-corrected chi connectivity index (χ4v) is 3.47. The van der Waals surface area contributed by atoms with Gasteiger partial charge in [-0.25, -0.2) is 0 Å². The van der Waals surface area contributed by atoms with Crippen LogP contribution in [-0.4, -0.2) is 17.7 Å². The van der Waals surface area contributed by atoms with Crippen LogP contribution >= 0.6 is 0 Å². The Kier molecular flexibility index (Phi) is 2.62. The zero-order valence-electron chi connectivity index (χ0n) is 10.9. The number of hydrogen-bond donors (Lipinski definition) is 1. The van der Waals surface area contributed by atoms with Crippen molar-refractivity contribution in [3.05, 3.63) is 29.6 Å². The summed E-state index contributed by atoms with van der Waals surface area (Å²) in [5.74, 6) is 0. The normalized spacial score (nSPS) is 21.6. The van der Waals surface area contributed by atoms with E-state index in [-0.39, 0.29) is 0 Å². The van der Waals surface area contributed by atoms with Crippen LogP contribution in [0.1, 0.15) is 44.4 Å². The molecule has 0 saturated carbocycles. The first kappa shape index (κ1) is 11.1. The maximum Gasteiger partial charge on any atom is 0.0487 e. The van der Waals surface area contributed by atoms with E-state index in [1.807, 2.05) is 0 Å². The van der Waals surface area contributed by atoms with Crippen molar-refractivity contribution in [1.29, 1.82) is 0 Å². The molecular weight excluding hydrogens is 208 g/mol. The fourth-order valence-electron chi connectivity index (χ4n) is 3.47. The van der Waals surface area contributed by atoms with E-state index >= 15 is 0 Å². The van der Waals surface area contributed by atoms with E-state index in [1.165, 1.54) is 30.5 Å². The van der Waals surface area contributed by atoms with Gasteiger partial charge in [-0.3, -0.25) is 0 Å². The average molecular weight is 230 g/mol. The van der Waals surface area contributed by atoms with Gasteiger partial charge in [-0.15, -0.1) is 0 Å². The summed E-state index contributed by atoms with van der Waals surface area (Å²) in [6, 6.07) is 2.38. The molecule has 92 valence electrons. The third-order valence-corrected chi connectivity index (χ3v) is 4.78. The Morgan fingerprint density at radius 2 is 2.18 bits per heavy atom. The zero-order chi connectivity index (χ0) is 11.9. The molecule has 0 atom stereocenters. The van der Waals surface area contributed by atoms with Crippen LogP contribution in [0.4, 0.5) is 0 Å². The quantitative estimate of drug-likeness (QED) is 0.826. The molecule has 1 N–H and O–H groups in total. The van der Waals surface area contributed by atoms with E-state index in [2.05, 4.69) is 42.1 Å². The van der Waals surface area contributed by atoms with E-state index < -0.39 is 0 Å². The van der Waals surface area contributed by atoms with Gasteiger partial charge in [0.25, 0.3) is 0 Å². The van der Waals surface area contributed by atoms with Gasteiger partial charge >= 0.3 is 0 Å². The van der Waals surface area contributed by atoms with Gasteiger partial charge in [0.15, 0.2) is 0 Å². The Balaban J connectivity index is 2.17. The second-order valence-electron chi connectivity index (χ2n) is 5.37. The minimum Gasteiger partial charge on any atom is -0.346 e. The number of rotatable bonds is 2. The Bertz CT molecular complexity index is 449. The molecule has 2 aliphatic rings. The predicted octanol–water partition coefficient (Wildman–Crippen LogP) is 2.94. The van der Waals surface area contributed by atoms with Crippen molar-refractivity contribution in [2.45, 2.75) is 45.1 Å². The van der Waals surface area contributed by atoms with Gasteiger partial charge < -0.3 is 9.88 Å². The van der Waals surface area contributed by atoms with Crippen molar-refractivity contribution in [3.8, 4) is 0 Å². The van der Waals surface area contributed by atoms with E-state index in [4.69, 9.17) is 0 Å². The van der Waals surface area contributed by atoms with Crippen molar-refractivity contribution in [2.75, 3.05) is 13.1 Å². The van der Waals surface area contributed by atoms with Crippen LogP contribution in [0.2, 0.25) is 0 Å². The van der Waals surface area contributed by atoms with Crippen LogP contribution in [0.15, 0.2) is 18.3 Å². The van der Waals surface area contributed by atoms with Crippen molar-refractivity contribution in [3.63, 3.8) is 0 Å². The largest absolute Gasteiger partial charge is 0.346 e. The summed E-state index contributed by atoms with van der Waals surface area (Å²) in [6.07, 6.45) is 8.48. The molecule has 0 radical (unpaired) electrons. The topological polar surface area (TPSA) is 17.0 Å². The molecule has 0 unspecified atom stereocenters. The second kappa shape index (κ2) is 4.02. The Hall–Kier alpha value is -1.02. The Morgan fingerprint density at radius 1 is 1.35 bits per heavy atom. The predicted molar refractivity (Wildman–Crippen MR) is 72.2 cm³/mol. The first-order valence-electron chi connectivity index (χ1n) is 6.90. The van der Waals surface area contributed by atoms with E-state index in [1.54, 1.807) is 5.56 Å². The Morgan fingerprint density at radius 3 is 2.94 bits per heavy atom. The van der Waals surface area contributed by atoms with Crippen LogP contribution in [-0.2, 0) is 12.0 Å². The van der Waals surface area contributed by atoms with Crippen LogP contribution in [0.3, 0.4) is 0 Å². The molecule has 0 aromatic carbocycles. The van der Waals surface area contributed by atoms with Gasteiger partial charge in [0.2, 0.25) is 0 Å². The molecule has 1 aliphatic carbocycles. The smallest absolute Gasteiger partial charge is 0.0487 e. The first-order chi connectivity index (χ1) is 8.30. The third kappa shape index (κ3) is 1.50. The molecule has 2 heterocycles. The number of nitrogens with zero attached hydrogens (tertiary/aromatic N) is 1. The molecule has 2 nitrogen and oxygen atoms in total. The lowest BCUT2D eigenvalue weighted by Gasteiger charge is -2.35. The van der Waals surface area contributed by atoms with Gasteiger partial charge in [-0.1, -0.05) is 19.9 Å². The highest BCUT2D eigenvalue weighted by Gasteiger charge is 2.35. The van der Waals surface area contributed by atoms with Crippen LogP contribution in [0, 0.1) is 0 Å². The highest BCUT2D eigenvalue weighted by atomic mass is 15.0. The van der Waals surface area contributed by atoms with Gasteiger partial charge in [-0.2, -0.15) is 0 Å². The summed E-state index contributed by atoms with van der Waals surface area (Å²) in [5.41, 5.74) is 5.03. The summed E-state index contributed by atoms with van der Waals surface area (Å²) >= 11 is 0. The maximum absolute atomic E-state index is 3.52. The summed E-state index contributed by atoms with van der Waals surface area (Å²) in [5, 5.41) is 3.52. The van der Waals surface area contributed by atoms with Crippen molar-refractivity contribution in [1.82, 2.24) is 9.88 Å². The third-order valence-electron chi connectivity index (χ3n) is 4.78. The summed E-state index contributed by atoms with van der Waals surface area (Å²) in [7, 11) is 0. The van der Waals surface area contributed by atoms with Gasteiger partial charge in [0.05, 0.1) is 0 Å².